The first-order valence-corrected chi connectivity index (χ1v) is 8.06. The second kappa shape index (κ2) is 6.50. The zero-order valence-electron chi connectivity index (χ0n) is 13.4. The Morgan fingerprint density at radius 3 is 2.36 bits per heavy atom. The van der Waals surface area contributed by atoms with Crippen LogP contribution < -0.4 is 9.64 Å². The first kappa shape index (κ1) is 15.1. The summed E-state index contributed by atoms with van der Waals surface area (Å²) in [5.74, 6) is 2.04. The highest BCUT2D eigenvalue weighted by molar-refractivity contribution is 5.79. The topological polar surface area (TPSA) is 58.6 Å². The van der Waals surface area contributed by atoms with Gasteiger partial charge in [0.2, 0.25) is 11.9 Å². The fraction of sp³-hybridized carbons (Fsp3) is 0.688. The van der Waals surface area contributed by atoms with E-state index in [1.165, 1.54) is 6.42 Å². The van der Waals surface area contributed by atoms with Gasteiger partial charge in [0.05, 0.1) is 19.5 Å². The molecule has 22 heavy (non-hydrogen) atoms. The molecule has 1 aromatic heterocycles. The standard InChI is InChI=1S/C16H24N4O2/c1-19(15(21)12-4-3-5-12)13-6-8-20(9-7-13)16-17-10-14(22-2)11-18-16/h10-13H,3-9H2,1-2H3. The number of rotatable bonds is 4. The molecule has 2 aliphatic rings. The van der Waals surface area contributed by atoms with Crippen LogP contribution in [0.4, 0.5) is 5.95 Å². The van der Waals surface area contributed by atoms with Crippen LogP contribution in [0.5, 0.6) is 5.75 Å². The Balaban J connectivity index is 1.53. The van der Waals surface area contributed by atoms with Crippen molar-refractivity contribution < 1.29 is 9.53 Å². The molecular weight excluding hydrogens is 280 g/mol. The number of hydrogen-bond acceptors (Lipinski definition) is 5. The predicted molar refractivity (Wildman–Crippen MR) is 83.9 cm³/mol. The molecule has 0 radical (unpaired) electrons. The first-order valence-electron chi connectivity index (χ1n) is 8.06. The monoisotopic (exact) mass is 304 g/mol. The van der Waals surface area contributed by atoms with Gasteiger partial charge in [-0.2, -0.15) is 0 Å². The number of aromatic nitrogens is 2. The molecule has 1 amide bonds. The van der Waals surface area contributed by atoms with Crippen LogP contribution in [-0.2, 0) is 4.79 Å². The van der Waals surface area contributed by atoms with Crippen molar-refractivity contribution in [1.82, 2.24) is 14.9 Å². The molecule has 0 atom stereocenters. The number of carbonyl (C=O) groups is 1. The van der Waals surface area contributed by atoms with Crippen molar-refractivity contribution in [3.8, 4) is 5.75 Å². The number of anilines is 1. The number of nitrogens with zero attached hydrogens (tertiary/aromatic N) is 4. The first-order chi connectivity index (χ1) is 10.7. The van der Waals surface area contributed by atoms with Crippen molar-refractivity contribution in [2.75, 3.05) is 32.1 Å². The molecule has 1 aromatic rings. The lowest BCUT2D eigenvalue weighted by molar-refractivity contribution is -0.139. The molecule has 6 nitrogen and oxygen atoms in total. The van der Waals surface area contributed by atoms with E-state index in [2.05, 4.69) is 14.9 Å². The third kappa shape index (κ3) is 3.00. The minimum absolute atomic E-state index is 0.285. The number of carbonyl (C=O) groups excluding carboxylic acids is 1. The Hall–Kier alpha value is -1.85. The van der Waals surface area contributed by atoms with Crippen LogP contribution in [0.3, 0.4) is 0 Å². The number of methoxy groups -OCH3 is 1. The van der Waals surface area contributed by atoms with E-state index >= 15 is 0 Å². The quantitative estimate of drug-likeness (QED) is 0.847. The van der Waals surface area contributed by atoms with Crippen LogP contribution in [0.1, 0.15) is 32.1 Å². The average molecular weight is 304 g/mol. The minimum atomic E-state index is 0.285. The SMILES string of the molecule is COc1cnc(N2CCC(N(C)C(=O)C3CCC3)CC2)nc1. The molecule has 0 bridgehead atoms. The van der Waals surface area contributed by atoms with Crippen LogP contribution in [0.25, 0.3) is 0 Å². The molecule has 3 rings (SSSR count). The van der Waals surface area contributed by atoms with Crippen LogP contribution in [-0.4, -0.2) is 54.1 Å². The fourth-order valence-corrected chi connectivity index (χ4v) is 3.15. The van der Waals surface area contributed by atoms with Crippen molar-refractivity contribution in [2.24, 2.45) is 5.92 Å². The van der Waals surface area contributed by atoms with Gasteiger partial charge in [-0.1, -0.05) is 6.42 Å². The third-order valence-electron chi connectivity index (χ3n) is 4.95. The highest BCUT2D eigenvalue weighted by Crippen LogP contribution is 2.30. The Bertz CT molecular complexity index is 507. The maximum atomic E-state index is 12.3. The molecule has 2 heterocycles. The van der Waals surface area contributed by atoms with Crippen molar-refractivity contribution in [1.29, 1.82) is 0 Å². The molecule has 6 heteroatoms. The Kier molecular flexibility index (Phi) is 4.45. The summed E-state index contributed by atoms with van der Waals surface area (Å²) >= 11 is 0. The lowest BCUT2D eigenvalue weighted by Gasteiger charge is -2.39. The van der Waals surface area contributed by atoms with E-state index in [0.29, 0.717) is 17.7 Å². The highest BCUT2D eigenvalue weighted by Gasteiger charge is 2.32. The van der Waals surface area contributed by atoms with Gasteiger partial charge in [0.25, 0.3) is 0 Å². The summed E-state index contributed by atoms with van der Waals surface area (Å²) in [4.78, 5) is 25.2. The lowest BCUT2D eigenvalue weighted by Crippen LogP contribution is -2.48. The van der Waals surface area contributed by atoms with E-state index in [1.807, 2.05) is 11.9 Å². The van der Waals surface area contributed by atoms with Gasteiger partial charge in [-0.25, -0.2) is 9.97 Å². The smallest absolute Gasteiger partial charge is 0.225 e. The second-order valence-corrected chi connectivity index (χ2v) is 6.22. The highest BCUT2D eigenvalue weighted by atomic mass is 16.5. The van der Waals surface area contributed by atoms with E-state index < -0.39 is 0 Å². The van der Waals surface area contributed by atoms with E-state index in [1.54, 1.807) is 19.5 Å². The summed E-state index contributed by atoms with van der Waals surface area (Å²) < 4.78 is 5.08. The number of hydrogen-bond donors (Lipinski definition) is 0. The molecule has 2 fully saturated rings. The summed E-state index contributed by atoms with van der Waals surface area (Å²) in [7, 11) is 3.57. The Morgan fingerprint density at radius 2 is 1.86 bits per heavy atom. The van der Waals surface area contributed by atoms with Crippen LogP contribution in [0, 0.1) is 5.92 Å². The maximum Gasteiger partial charge on any atom is 0.225 e. The van der Waals surface area contributed by atoms with Gasteiger partial charge in [-0.3, -0.25) is 4.79 Å². The van der Waals surface area contributed by atoms with Gasteiger partial charge >= 0.3 is 0 Å². The lowest BCUT2D eigenvalue weighted by atomic mass is 9.84. The molecule has 1 saturated heterocycles. The van der Waals surface area contributed by atoms with Crippen molar-refractivity contribution in [2.45, 2.75) is 38.1 Å². The predicted octanol–water partition coefficient (Wildman–Crippen LogP) is 1.71. The summed E-state index contributed by atoms with van der Waals surface area (Å²) in [5.41, 5.74) is 0. The van der Waals surface area contributed by atoms with Crippen LogP contribution in [0.15, 0.2) is 12.4 Å². The van der Waals surface area contributed by atoms with E-state index in [0.717, 1.165) is 44.7 Å². The summed E-state index contributed by atoms with van der Waals surface area (Å²) in [6.45, 7) is 1.78. The second-order valence-electron chi connectivity index (χ2n) is 6.22. The zero-order valence-corrected chi connectivity index (χ0v) is 13.4. The average Bonchev–Trinajstić information content (AvgIpc) is 2.53. The molecule has 0 spiro atoms. The van der Waals surface area contributed by atoms with Gasteiger partial charge in [0, 0.05) is 32.1 Å². The Labute approximate surface area is 131 Å². The molecule has 1 saturated carbocycles. The summed E-state index contributed by atoms with van der Waals surface area (Å²) in [6.07, 6.45) is 8.69. The zero-order chi connectivity index (χ0) is 15.5. The normalized spacial score (nSPS) is 19.6. The van der Waals surface area contributed by atoms with Crippen molar-refractivity contribution in [3.05, 3.63) is 12.4 Å². The maximum absolute atomic E-state index is 12.3. The fourth-order valence-electron chi connectivity index (χ4n) is 3.15. The Morgan fingerprint density at radius 1 is 1.23 bits per heavy atom. The van der Waals surface area contributed by atoms with Gasteiger partial charge in [0.15, 0.2) is 5.75 Å². The molecule has 120 valence electrons. The molecule has 1 aliphatic heterocycles. The minimum Gasteiger partial charge on any atom is -0.494 e. The molecule has 0 N–H and O–H groups in total. The summed E-state index contributed by atoms with van der Waals surface area (Å²) in [5, 5.41) is 0. The largest absolute Gasteiger partial charge is 0.494 e. The van der Waals surface area contributed by atoms with Gasteiger partial charge in [-0.15, -0.1) is 0 Å². The van der Waals surface area contributed by atoms with Gasteiger partial charge < -0.3 is 14.5 Å². The van der Waals surface area contributed by atoms with Crippen molar-refractivity contribution in [3.63, 3.8) is 0 Å². The number of amides is 1. The molecule has 1 aliphatic carbocycles. The summed E-state index contributed by atoms with van der Waals surface area (Å²) in [6, 6.07) is 0.350. The third-order valence-corrected chi connectivity index (χ3v) is 4.95. The van der Waals surface area contributed by atoms with Gasteiger partial charge in [-0.05, 0) is 25.7 Å². The van der Waals surface area contributed by atoms with E-state index in [4.69, 9.17) is 4.74 Å². The van der Waals surface area contributed by atoms with Crippen LogP contribution >= 0.6 is 0 Å². The van der Waals surface area contributed by atoms with E-state index in [9.17, 15) is 4.79 Å². The molecule has 0 aromatic carbocycles. The van der Waals surface area contributed by atoms with Crippen LogP contribution in [0.2, 0.25) is 0 Å². The van der Waals surface area contributed by atoms with Gasteiger partial charge in [0.1, 0.15) is 0 Å². The molecular formula is C16H24N4O2. The number of ether oxygens (including phenoxy) is 1. The van der Waals surface area contributed by atoms with E-state index in [-0.39, 0.29) is 5.92 Å². The molecule has 0 unspecified atom stereocenters. The number of piperidine rings is 1. The van der Waals surface area contributed by atoms with Crippen molar-refractivity contribution >= 4 is 11.9 Å².